The van der Waals surface area contributed by atoms with Gasteiger partial charge in [-0.05, 0) is 110 Å². The molecule has 0 bridgehead atoms. The lowest BCUT2D eigenvalue weighted by Crippen LogP contribution is -2.39. The topological polar surface area (TPSA) is 114 Å². The number of likely N-dealkylation sites (tertiary alicyclic amines) is 1. The molecule has 6 rings (SSSR count). The number of benzene rings is 2. The highest BCUT2D eigenvalue weighted by Gasteiger charge is 2.23. The molecule has 0 atom stereocenters. The van der Waals surface area contributed by atoms with Crippen molar-refractivity contribution in [3.63, 3.8) is 0 Å². The van der Waals surface area contributed by atoms with Gasteiger partial charge in [0.15, 0.2) is 0 Å². The maximum Gasteiger partial charge on any atom is 0.307 e. The van der Waals surface area contributed by atoms with Crippen LogP contribution in [0.2, 0.25) is 10.0 Å². The molecule has 0 aliphatic carbocycles. The number of nitrogens with one attached hydrogen (secondary N) is 1. The molecule has 11 heteroatoms. The van der Waals surface area contributed by atoms with E-state index in [4.69, 9.17) is 28.3 Å². The van der Waals surface area contributed by atoms with E-state index in [-0.39, 0.29) is 23.4 Å². The maximum atomic E-state index is 12.5. The van der Waals surface area contributed by atoms with Crippen molar-refractivity contribution >= 4 is 35.1 Å². The van der Waals surface area contributed by atoms with E-state index in [9.17, 15) is 19.2 Å². The first-order chi connectivity index (χ1) is 24.4. The fraction of sp³-hybridized carbons (Fsp3) is 0.400. The molecule has 0 spiro atoms. The normalized spacial score (nSPS) is 14.9. The number of carbonyl (C=O) groups is 2. The second-order valence-electron chi connectivity index (χ2n) is 13.4. The molecule has 2 aromatic carbocycles. The number of carbonyl (C=O) groups excluding carboxylic acids is 1. The average Bonchev–Trinajstić information content (AvgIpc) is 3.09. The van der Waals surface area contributed by atoms with Gasteiger partial charge in [0.2, 0.25) is 17.0 Å². The van der Waals surface area contributed by atoms with Crippen molar-refractivity contribution < 1.29 is 14.7 Å². The van der Waals surface area contributed by atoms with Crippen LogP contribution in [0.4, 0.5) is 0 Å². The van der Waals surface area contributed by atoms with E-state index in [2.05, 4.69) is 23.5 Å². The predicted octanol–water partition coefficient (Wildman–Crippen LogP) is 5.96. The Balaban J connectivity index is 0.000000189. The van der Waals surface area contributed by atoms with Gasteiger partial charge in [0, 0.05) is 61.8 Å². The molecule has 0 unspecified atom stereocenters. The molecule has 2 N–H and O–H groups in total. The number of nitrogens with zero attached hydrogens (tertiary/aromatic N) is 3. The highest BCUT2D eigenvalue weighted by atomic mass is 35.5. The van der Waals surface area contributed by atoms with Crippen molar-refractivity contribution in [2.75, 3.05) is 26.2 Å². The first kappa shape index (κ1) is 39.6. The zero-order chi connectivity index (χ0) is 36.8. The standard InChI is InChI=1S/C20H23ClN2O2.C12H16ClN.C8H9NO3/c1-22-14-17(5-6-19(22)24)13-20(25)23-9-7-15(8-10-23)11-16-3-2-4-18(21)12-16;13-12-3-1-2-11(9-12)8-10-4-6-14-7-5-10;1-9-5-6(4-8(11)12)2-3-7(9)10/h2-6,12,14-15H,7-11,13H2,1H3;1-3,9-10,14H,4-8H2;2-3,5H,4H2,1H3,(H,11,12). The number of piperidine rings is 2. The van der Waals surface area contributed by atoms with Crippen LogP contribution in [0.5, 0.6) is 0 Å². The van der Waals surface area contributed by atoms with Gasteiger partial charge >= 0.3 is 5.97 Å². The average molecular weight is 736 g/mol. The molecule has 2 aliphatic rings. The van der Waals surface area contributed by atoms with Crippen molar-refractivity contribution in [2.45, 2.75) is 51.4 Å². The zero-order valence-corrected chi connectivity index (χ0v) is 30.9. The van der Waals surface area contributed by atoms with Crippen LogP contribution in [0, 0.1) is 11.8 Å². The summed E-state index contributed by atoms with van der Waals surface area (Å²) in [6.07, 6.45) is 10.4. The Labute approximate surface area is 309 Å². The summed E-state index contributed by atoms with van der Waals surface area (Å²) in [5.41, 5.74) is 3.96. The van der Waals surface area contributed by atoms with E-state index >= 15 is 0 Å². The second-order valence-corrected chi connectivity index (χ2v) is 14.3. The lowest BCUT2D eigenvalue weighted by molar-refractivity contribution is -0.136. The summed E-state index contributed by atoms with van der Waals surface area (Å²) in [6.45, 7) is 3.95. The summed E-state index contributed by atoms with van der Waals surface area (Å²) < 4.78 is 2.87. The number of pyridine rings is 2. The van der Waals surface area contributed by atoms with Gasteiger partial charge in [0.05, 0.1) is 12.8 Å². The Kier molecular flexibility index (Phi) is 15.5. The summed E-state index contributed by atoms with van der Waals surface area (Å²) in [5, 5.41) is 13.5. The number of amides is 1. The van der Waals surface area contributed by atoms with Crippen LogP contribution in [-0.4, -0.2) is 57.2 Å². The Hall–Kier alpha value is -4.18. The van der Waals surface area contributed by atoms with E-state index in [1.165, 1.54) is 77.0 Å². The number of aromatic nitrogens is 2. The Morgan fingerprint density at radius 3 is 1.61 bits per heavy atom. The Morgan fingerprint density at radius 1 is 0.686 bits per heavy atom. The lowest BCUT2D eigenvalue weighted by atomic mass is 9.90. The van der Waals surface area contributed by atoms with Crippen LogP contribution in [-0.2, 0) is 49.4 Å². The maximum absolute atomic E-state index is 12.5. The van der Waals surface area contributed by atoms with E-state index in [0.29, 0.717) is 17.9 Å². The second kappa shape index (κ2) is 20.0. The van der Waals surface area contributed by atoms with Gasteiger partial charge in [-0.3, -0.25) is 19.2 Å². The number of hydrogen-bond acceptors (Lipinski definition) is 5. The molecule has 4 aromatic rings. The third kappa shape index (κ3) is 13.8. The van der Waals surface area contributed by atoms with Crippen molar-refractivity contribution in [1.82, 2.24) is 19.4 Å². The van der Waals surface area contributed by atoms with Gasteiger partial charge < -0.3 is 24.5 Å². The van der Waals surface area contributed by atoms with Crippen LogP contribution in [0.25, 0.3) is 0 Å². The van der Waals surface area contributed by atoms with E-state index in [1.54, 1.807) is 26.4 Å². The summed E-state index contributed by atoms with van der Waals surface area (Å²) in [7, 11) is 3.30. The van der Waals surface area contributed by atoms with Gasteiger partial charge in [-0.2, -0.15) is 0 Å². The quantitative estimate of drug-likeness (QED) is 0.231. The molecule has 4 heterocycles. The fourth-order valence-corrected chi connectivity index (χ4v) is 6.87. The van der Waals surface area contributed by atoms with Crippen molar-refractivity contribution in [1.29, 1.82) is 0 Å². The van der Waals surface area contributed by atoms with Gasteiger partial charge in [-0.25, -0.2) is 0 Å². The molecule has 9 nitrogen and oxygen atoms in total. The number of carboxylic acid groups (broad SMARTS) is 1. The lowest BCUT2D eigenvalue weighted by Gasteiger charge is -2.32. The molecular formula is C40H48Cl2N4O5. The predicted molar refractivity (Wildman–Crippen MR) is 204 cm³/mol. The number of aliphatic carboxylic acids is 1. The summed E-state index contributed by atoms with van der Waals surface area (Å²) in [4.78, 5) is 47.0. The van der Waals surface area contributed by atoms with Crippen LogP contribution >= 0.6 is 23.2 Å². The zero-order valence-electron chi connectivity index (χ0n) is 29.4. The molecular weight excluding hydrogens is 687 g/mol. The van der Waals surface area contributed by atoms with Crippen molar-refractivity contribution in [2.24, 2.45) is 25.9 Å². The summed E-state index contributed by atoms with van der Waals surface area (Å²) in [5.74, 6) is 0.684. The van der Waals surface area contributed by atoms with Crippen LogP contribution in [0.3, 0.4) is 0 Å². The minimum Gasteiger partial charge on any atom is -0.481 e. The third-order valence-corrected chi connectivity index (χ3v) is 9.73. The number of aryl methyl sites for hydroxylation is 2. The Morgan fingerprint density at radius 2 is 1.16 bits per heavy atom. The number of carboxylic acids is 1. The third-order valence-electron chi connectivity index (χ3n) is 9.26. The van der Waals surface area contributed by atoms with E-state index in [1.807, 2.05) is 35.2 Å². The largest absolute Gasteiger partial charge is 0.481 e. The number of rotatable bonds is 8. The molecule has 51 heavy (non-hydrogen) atoms. The van der Waals surface area contributed by atoms with Crippen LogP contribution in [0.1, 0.15) is 47.9 Å². The molecule has 2 aromatic heterocycles. The molecule has 2 fully saturated rings. The van der Waals surface area contributed by atoms with Gasteiger partial charge in [-0.1, -0.05) is 59.6 Å². The van der Waals surface area contributed by atoms with Gasteiger partial charge in [0.1, 0.15) is 0 Å². The summed E-state index contributed by atoms with van der Waals surface area (Å²) in [6, 6.07) is 22.4. The van der Waals surface area contributed by atoms with E-state index in [0.717, 1.165) is 53.9 Å². The minimum atomic E-state index is -0.895. The number of halogens is 2. The fourth-order valence-electron chi connectivity index (χ4n) is 6.44. The highest BCUT2D eigenvalue weighted by Crippen LogP contribution is 2.24. The highest BCUT2D eigenvalue weighted by molar-refractivity contribution is 6.30. The SMILES string of the molecule is Clc1cccc(CC2CCNCC2)c1.Cn1cc(CC(=O)N2CCC(Cc3cccc(Cl)c3)CC2)ccc1=O.Cn1cc(CC(=O)O)ccc1=O. The molecule has 0 saturated carbocycles. The van der Waals surface area contributed by atoms with Crippen molar-refractivity contribution in [3.05, 3.63) is 138 Å². The molecule has 2 saturated heterocycles. The molecule has 0 radical (unpaired) electrons. The first-order valence-corrected chi connectivity index (χ1v) is 18.2. The monoisotopic (exact) mass is 734 g/mol. The molecule has 1 amide bonds. The van der Waals surface area contributed by atoms with E-state index < -0.39 is 5.97 Å². The summed E-state index contributed by atoms with van der Waals surface area (Å²) >= 11 is 12.0. The van der Waals surface area contributed by atoms with Crippen molar-refractivity contribution in [3.8, 4) is 0 Å². The Bertz CT molecular complexity index is 1860. The van der Waals surface area contributed by atoms with Gasteiger partial charge in [-0.15, -0.1) is 0 Å². The van der Waals surface area contributed by atoms with Gasteiger partial charge in [0.25, 0.3) is 0 Å². The molecule has 2 aliphatic heterocycles. The van der Waals surface area contributed by atoms with Crippen LogP contribution in [0.15, 0.2) is 94.8 Å². The minimum absolute atomic E-state index is 0.0475. The van der Waals surface area contributed by atoms with Crippen LogP contribution < -0.4 is 16.4 Å². The smallest absolute Gasteiger partial charge is 0.307 e. The number of hydrogen-bond donors (Lipinski definition) is 2. The molecule has 272 valence electrons. The first-order valence-electron chi connectivity index (χ1n) is 17.5.